The van der Waals surface area contributed by atoms with E-state index in [2.05, 4.69) is 0 Å². The summed E-state index contributed by atoms with van der Waals surface area (Å²) in [7, 11) is 0. The number of carbonyl (C=O) groups is 1. The second kappa shape index (κ2) is 11.3. The minimum absolute atomic E-state index is 0.00958. The summed E-state index contributed by atoms with van der Waals surface area (Å²) in [6.07, 6.45) is -1.94. The Labute approximate surface area is 190 Å². The van der Waals surface area contributed by atoms with E-state index in [1.54, 1.807) is 24.3 Å². The van der Waals surface area contributed by atoms with Gasteiger partial charge in [0.05, 0.1) is 30.3 Å². The van der Waals surface area contributed by atoms with E-state index < -0.39 is 23.5 Å². The highest BCUT2D eigenvalue weighted by Crippen LogP contribution is 2.39. The average Bonchev–Trinajstić information content (AvgIpc) is 3.02. The lowest BCUT2D eigenvalue weighted by Gasteiger charge is -2.21. The van der Waals surface area contributed by atoms with Crippen LogP contribution in [0.25, 0.3) is 0 Å². The Morgan fingerprint density at radius 2 is 1.50 bits per heavy atom. The topological polar surface area (TPSA) is 44.8 Å². The molecule has 0 aromatic heterocycles. The summed E-state index contributed by atoms with van der Waals surface area (Å²) in [5.74, 6) is -0.427. The quantitative estimate of drug-likeness (QED) is 0.452. The van der Waals surface area contributed by atoms with Gasteiger partial charge in [-0.3, -0.25) is 4.79 Å². The molecule has 0 radical (unpaired) electrons. The van der Waals surface area contributed by atoms with Gasteiger partial charge in [-0.05, 0) is 35.4 Å². The van der Waals surface area contributed by atoms with Crippen LogP contribution in [0.4, 0.5) is 4.39 Å². The molecule has 0 N–H and O–H groups in total. The van der Waals surface area contributed by atoms with Gasteiger partial charge in [0.1, 0.15) is 18.9 Å². The van der Waals surface area contributed by atoms with Gasteiger partial charge in [0.15, 0.2) is 0 Å². The number of benzene rings is 2. The Kier molecular flexibility index (Phi) is 8.84. The lowest BCUT2D eigenvalue weighted by atomic mass is 10.1. The van der Waals surface area contributed by atoms with Gasteiger partial charge in [-0.25, -0.2) is 4.39 Å². The van der Waals surface area contributed by atoms with Crippen LogP contribution in [0.1, 0.15) is 18.1 Å². The molecule has 1 unspecified atom stereocenters. The molecule has 0 amide bonds. The van der Waals surface area contributed by atoms with Crippen LogP contribution in [-0.4, -0.2) is 42.0 Å². The summed E-state index contributed by atoms with van der Waals surface area (Å²) < 4.78 is 31.9. The number of esters is 1. The van der Waals surface area contributed by atoms with Crippen LogP contribution < -0.4 is 0 Å². The third-order valence-electron chi connectivity index (χ3n) is 4.66. The van der Waals surface area contributed by atoms with Crippen LogP contribution in [0.15, 0.2) is 48.5 Å². The van der Waals surface area contributed by atoms with Gasteiger partial charge in [0.25, 0.3) is 0 Å². The van der Waals surface area contributed by atoms with E-state index in [1.165, 1.54) is 18.7 Å². The summed E-state index contributed by atoms with van der Waals surface area (Å²) in [5.41, 5.74) is 1.88. The number of alkyl halides is 1. The third-order valence-corrected chi connectivity index (χ3v) is 6.66. The standard InChI is InChI=1S/C22H23Cl2FO4S/c1-14(26)28-13-19-21(25)22(29-11-16-4-8-18(24)9-5-16)20(30-19)12-27-10-15-2-6-17(23)7-3-15/h2-9,19-22H,10-13H2,1H3/t19?,20-,21-,22-/m1/s1. The van der Waals surface area contributed by atoms with Crippen molar-refractivity contribution in [2.24, 2.45) is 0 Å². The molecule has 4 nitrogen and oxygen atoms in total. The summed E-state index contributed by atoms with van der Waals surface area (Å²) in [6.45, 7) is 2.29. The highest BCUT2D eigenvalue weighted by molar-refractivity contribution is 8.01. The van der Waals surface area contributed by atoms with Crippen molar-refractivity contribution in [2.75, 3.05) is 13.2 Å². The molecule has 30 heavy (non-hydrogen) atoms. The fourth-order valence-corrected chi connectivity index (χ4v) is 4.82. The minimum atomic E-state index is -1.27. The van der Waals surface area contributed by atoms with E-state index >= 15 is 4.39 Å². The molecule has 2 aromatic carbocycles. The van der Waals surface area contributed by atoms with Crippen molar-refractivity contribution in [3.63, 3.8) is 0 Å². The molecular weight excluding hydrogens is 450 g/mol. The largest absolute Gasteiger partial charge is 0.465 e. The second-order valence-electron chi connectivity index (χ2n) is 7.00. The summed E-state index contributed by atoms with van der Waals surface area (Å²) >= 11 is 13.2. The fourth-order valence-electron chi connectivity index (χ4n) is 3.10. The first-order valence-electron chi connectivity index (χ1n) is 9.53. The maximum absolute atomic E-state index is 15.1. The molecule has 1 heterocycles. The molecule has 2 aromatic rings. The van der Waals surface area contributed by atoms with E-state index in [-0.39, 0.29) is 18.5 Å². The van der Waals surface area contributed by atoms with Gasteiger partial charge in [0.2, 0.25) is 0 Å². The maximum atomic E-state index is 15.1. The minimum Gasteiger partial charge on any atom is -0.465 e. The van der Waals surface area contributed by atoms with Crippen LogP contribution in [0, 0.1) is 0 Å². The molecule has 0 saturated carbocycles. The highest BCUT2D eigenvalue weighted by atomic mass is 35.5. The molecule has 1 fully saturated rings. The van der Waals surface area contributed by atoms with Crippen molar-refractivity contribution in [1.29, 1.82) is 0 Å². The summed E-state index contributed by atoms with van der Waals surface area (Å²) in [4.78, 5) is 11.1. The maximum Gasteiger partial charge on any atom is 0.302 e. The number of hydrogen-bond acceptors (Lipinski definition) is 5. The molecule has 1 saturated heterocycles. The second-order valence-corrected chi connectivity index (χ2v) is 9.36. The lowest BCUT2D eigenvalue weighted by Crippen LogP contribution is -2.35. The zero-order chi connectivity index (χ0) is 21.5. The zero-order valence-corrected chi connectivity index (χ0v) is 18.8. The van der Waals surface area contributed by atoms with Crippen molar-refractivity contribution in [2.45, 2.75) is 42.9 Å². The molecule has 3 rings (SSSR count). The predicted octanol–water partition coefficient (Wildman–Crippen LogP) is 5.48. The van der Waals surface area contributed by atoms with Crippen LogP contribution in [0.5, 0.6) is 0 Å². The van der Waals surface area contributed by atoms with Gasteiger partial charge in [-0.1, -0.05) is 47.5 Å². The van der Waals surface area contributed by atoms with Crippen LogP contribution in [0.2, 0.25) is 10.0 Å². The fraction of sp³-hybridized carbons (Fsp3) is 0.409. The summed E-state index contributed by atoms with van der Waals surface area (Å²) in [6, 6.07) is 14.6. The number of carbonyl (C=O) groups excluding carboxylic acids is 1. The number of halogens is 3. The predicted molar refractivity (Wildman–Crippen MR) is 118 cm³/mol. The van der Waals surface area contributed by atoms with E-state index in [0.717, 1.165) is 11.1 Å². The van der Waals surface area contributed by atoms with Crippen LogP contribution in [-0.2, 0) is 32.2 Å². The van der Waals surface area contributed by atoms with Crippen molar-refractivity contribution < 1.29 is 23.4 Å². The van der Waals surface area contributed by atoms with Gasteiger partial charge in [-0.15, -0.1) is 11.8 Å². The van der Waals surface area contributed by atoms with Gasteiger partial charge in [-0.2, -0.15) is 0 Å². The monoisotopic (exact) mass is 472 g/mol. The Morgan fingerprint density at radius 3 is 2.07 bits per heavy atom. The Balaban J connectivity index is 1.59. The first-order chi connectivity index (χ1) is 14.4. The molecule has 1 aliphatic heterocycles. The van der Waals surface area contributed by atoms with E-state index in [0.29, 0.717) is 23.3 Å². The van der Waals surface area contributed by atoms with Gasteiger partial charge < -0.3 is 14.2 Å². The Hall–Kier alpha value is -1.31. The SMILES string of the molecule is CC(=O)OCC1S[C@H](COCc2ccc(Cl)cc2)[C@@H](OCc2ccc(Cl)cc2)[C@@H]1F. The molecule has 0 bridgehead atoms. The van der Waals surface area contributed by atoms with Crippen LogP contribution >= 0.6 is 35.0 Å². The van der Waals surface area contributed by atoms with Crippen molar-refractivity contribution in [1.82, 2.24) is 0 Å². The molecule has 1 aliphatic rings. The molecule has 8 heteroatoms. The first-order valence-corrected chi connectivity index (χ1v) is 11.2. The smallest absolute Gasteiger partial charge is 0.302 e. The van der Waals surface area contributed by atoms with E-state index in [9.17, 15) is 4.79 Å². The normalized spacial score (nSPS) is 23.5. The van der Waals surface area contributed by atoms with E-state index in [1.807, 2.05) is 24.3 Å². The van der Waals surface area contributed by atoms with Crippen molar-refractivity contribution in [3.05, 3.63) is 69.7 Å². The molecular formula is C22H23Cl2FO4S. The van der Waals surface area contributed by atoms with Crippen molar-refractivity contribution in [3.8, 4) is 0 Å². The third kappa shape index (κ3) is 6.86. The number of ether oxygens (including phenoxy) is 3. The van der Waals surface area contributed by atoms with Crippen LogP contribution in [0.3, 0.4) is 0 Å². The average molecular weight is 473 g/mol. The number of hydrogen-bond donors (Lipinski definition) is 0. The highest BCUT2D eigenvalue weighted by Gasteiger charge is 2.46. The van der Waals surface area contributed by atoms with E-state index in [4.69, 9.17) is 37.4 Å². The first kappa shape index (κ1) is 23.4. The van der Waals surface area contributed by atoms with Gasteiger partial charge in [0, 0.05) is 17.0 Å². The van der Waals surface area contributed by atoms with Gasteiger partial charge >= 0.3 is 5.97 Å². The molecule has 0 aliphatic carbocycles. The Morgan fingerprint density at radius 1 is 0.933 bits per heavy atom. The number of rotatable bonds is 9. The summed E-state index contributed by atoms with van der Waals surface area (Å²) in [5, 5.41) is 0.580. The molecule has 162 valence electrons. The molecule has 4 atom stereocenters. The lowest BCUT2D eigenvalue weighted by molar-refractivity contribution is -0.141. The zero-order valence-electron chi connectivity index (χ0n) is 16.4. The molecule has 0 spiro atoms. The number of thioether (sulfide) groups is 1. The Bertz CT molecular complexity index is 819. The van der Waals surface area contributed by atoms with Crippen molar-refractivity contribution >= 4 is 40.9 Å².